The lowest BCUT2D eigenvalue weighted by Crippen LogP contribution is -2.04. The van der Waals surface area contributed by atoms with Gasteiger partial charge in [0.05, 0.1) is 0 Å². The first kappa shape index (κ1) is 12.0. The van der Waals surface area contributed by atoms with Gasteiger partial charge in [-0.1, -0.05) is 13.3 Å². The molecule has 1 fully saturated rings. The van der Waals surface area contributed by atoms with Crippen LogP contribution in [0.25, 0.3) is 11.2 Å². The third-order valence-corrected chi connectivity index (χ3v) is 3.91. The molecule has 0 aliphatic heterocycles. The van der Waals surface area contributed by atoms with Crippen LogP contribution < -0.4 is 0 Å². The van der Waals surface area contributed by atoms with Crippen LogP contribution in [-0.4, -0.2) is 20.4 Å². The lowest BCUT2D eigenvalue weighted by molar-refractivity contribution is 0.598. The number of nitrogens with zero attached hydrogens (tertiary/aromatic N) is 3. The summed E-state index contributed by atoms with van der Waals surface area (Å²) in [5.41, 5.74) is 2.03. The summed E-state index contributed by atoms with van der Waals surface area (Å²) in [7, 11) is 0. The number of imidazole rings is 1. The van der Waals surface area contributed by atoms with Gasteiger partial charge in [-0.2, -0.15) is 0 Å². The average Bonchev–Trinajstić information content (AvgIpc) is 3.02. The van der Waals surface area contributed by atoms with Gasteiger partial charge in [0.15, 0.2) is 5.65 Å². The molecule has 0 bridgehead atoms. The highest BCUT2D eigenvalue weighted by Crippen LogP contribution is 2.48. The minimum atomic E-state index is 0.600. The summed E-state index contributed by atoms with van der Waals surface area (Å²) in [5, 5.41) is 0. The van der Waals surface area contributed by atoms with Crippen LogP contribution in [0.4, 0.5) is 0 Å². The Morgan fingerprint density at radius 1 is 1.50 bits per heavy atom. The molecule has 4 heteroatoms. The van der Waals surface area contributed by atoms with Crippen LogP contribution in [0, 0.1) is 5.92 Å². The molecule has 0 saturated heterocycles. The monoisotopic (exact) mass is 263 g/mol. The molecule has 3 nitrogen and oxygen atoms in total. The molecular weight excluding hydrogens is 246 g/mol. The molecule has 0 N–H and O–H groups in total. The Morgan fingerprint density at radius 2 is 2.39 bits per heavy atom. The molecule has 0 radical (unpaired) electrons. The number of alkyl halides is 1. The SMILES string of the molecule is CCCC1CC1n1c(CCCl)nc2cccnc21. The second-order valence-electron chi connectivity index (χ2n) is 5.03. The number of halogens is 1. The van der Waals surface area contributed by atoms with E-state index >= 15 is 0 Å². The lowest BCUT2D eigenvalue weighted by atomic mass is 10.2. The van der Waals surface area contributed by atoms with E-state index < -0.39 is 0 Å². The molecule has 2 unspecified atom stereocenters. The summed E-state index contributed by atoms with van der Waals surface area (Å²) in [5.74, 6) is 2.53. The van der Waals surface area contributed by atoms with Crippen molar-refractivity contribution in [1.82, 2.24) is 14.5 Å². The van der Waals surface area contributed by atoms with Crippen molar-refractivity contribution < 1.29 is 0 Å². The van der Waals surface area contributed by atoms with Gasteiger partial charge in [0, 0.05) is 24.5 Å². The Hall–Kier alpha value is -1.09. The minimum Gasteiger partial charge on any atom is -0.309 e. The first-order valence-electron chi connectivity index (χ1n) is 6.73. The van der Waals surface area contributed by atoms with E-state index in [1.54, 1.807) is 0 Å². The summed E-state index contributed by atoms with van der Waals surface area (Å²) >= 11 is 5.88. The predicted molar refractivity (Wildman–Crippen MR) is 74.0 cm³/mol. The zero-order valence-electron chi connectivity index (χ0n) is 10.6. The molecule has 0 spiro atoms. The Labute approximate surface area is 112 Å². The van der Waals surface area contributed by atoms with E-state index in [0.717, 1.165) is 29.3 Å². The van der Waals surface area contributed by atoms with Gasteiger partial charge in [-0.3, -0.25) is 0 Å². The zero-order chi connectivity index (χ0) is 12.5. The third kappa shape index (κ3) is 2.01. The predicted octanol–water partition coefficient (Wildman–Crippen LogP) is 3.57. The molecule has 3 rings (SSSR count). The first-order chi connectivity index (χ1) is 8.85. The summed E-state index contributed by atoms with van der Waals surface area (Å²) in [6.45, 7) is 2.25. The Bertz CT molecular complexity index is 549. The topological polar surface area (TPSA) is 30.7 Å². The quantitative estimate of drug-likeness (QED) is 0.772. The van der Waals surface area contributed by atoms with Crippen LogP contribution in [-0.2, 0) is 6.42 Å². The van der Waals surface area contributed by atoms with Crippen LogP contribution in [0.1, 0.15) is 38.1 Å². The van der Waals surface area contributed by atoms with Crippen molar-refractivity contribution >= 4 is 22.8 Å². The van der Waals surface area contributed by atoms with Crippen LogP contribution in [0.15, 0.2) is 18.3 Å². The van der Waals surface area contributed by atoms with Crippen molar-refractivity contribution in [2.24, 2.45) is 5.92 Å². The molecule has 2 aromatic rings. The molecule has 0 amide bonds. The fourth-order valence-electron chi connectivity index (χ4n) is 2.81. The number of rotatable bonds is 5. The largest absolute Gasteiger partial charge is 0.309 e. The summed E-state index contributed by atoms with van der Waals surface area (Å²) < 4.78 is 2.33. The number of hydrogen-bond acceptors (Lipinski definition) is 2. The Morgan fingerprint density at radius 3 is 3.17 bits per heavy atom. The van der Waals surface area contributed by atoms with Crippen molar-refractivity contribution in [3.05, 3.63) is 24.2 Å². The van der Waals surface area contributed by atoms with Crippen molar-refractivity contribution in [2.75, 3.05) is 5.88 Å². The van der Waals surface area contributed by atoms with Gasteiger partial charge in [0.2, 0.25) is 0 Å². The molecule has 1 aliphatic rings. The number of fused-ring (bicyclic) bond motifs is 1. The summed E-state index contributed by atoms with van der Waals surface area (Å²) in [4.78, 5) is 9.17. The molecule has 1 saturated carbocycles. The highest BCUT2D eigenvalue weighted by molar-refractivity contribution is 6.17. The highest BCUT2D eigenvalue weighted by Gasteiger charge is 2.39. The van der Waals surface area contributed by atoms with Gasteiger partial charge in [-0.25, -0.2) is 9.97 Å². The van der Waals surface area contributed by atoms with Gasteiger partial charge < -0.3 is 4.57 Å². The maximum absolute atomic E-state index is 5.88. The molecule has 2 aromatic heterocycles. The van der Waals surface area contributed by atoms with E-state index in [0.29, 0.717) is 11.9 Å². The smallest absolute Gasteiger partial charge is 0.160 e. The molecule has 2 heterocycles. The van der Waals surface area contributed by atoms with Crippen molar-refractivity contribution in [1.29, 1.82) is 0 Å². The zero-order valence-corrected chi connectivity index (χ0v) is 11.4. The van der Waals surface area contributed by atoms with E-state index in [1.807, 2.05) is 18.3 Å². The normalized spacial score (nSPS) is 22.6. The first-order valence-corrected chi connectivity index (χ1v) is 7.26. The standard InChI is InChI=1S/C14H18ClN3/c1-2-4-10-9-12(10)18-13(6-7-15)17-11-5-3-8-16-14(11)18/h3,5,8,10,12H,2,4,6-7,9H2,1H3. The second-order valence-corrected chi connectivity index (χ2v) is 5.41. The minimum absolute atomic E-state index is 0.600. The average molecular weight is 264 g/mol. The number of pyridine rings is 1. The van der Waals surface area contributed by atoms with E-state index in [-0.39, 0.29) is 0 Å². The highest BCUT2D eigenvalue weighted by atomic mass is 35.5. The number of aromatic nitrogens is 3. The van der Waals surface area contributed by atoms with E-state index in [2.05, 4.69) is 21.5 Å². The van der Waals surface area contributed by atoms with Crippen LogP contribution in [0.3, 0.4) is 0 Å². The van der Waals surface area contributed by atoms with Gasteiger partial charge in [-0.05, 0) is 30.9 Å². The molecule has 18 heavy (non-hydrogen) atoms. The van der Waals surface area contributed by atoms with E-state index in [4.69, 9.17) is 11.6 Å². The second kappa shape index (κ2) is 4.88. The maximum atomic E-state index is 5.88. The van der Waals surface area contributed by atoms with Gasteiger partial charge in [0.1, 0.15) is 11.3 Å². The fraction of sp³-hybridized carbons (Fsp3) is 0.571. The van der Waals surface area contributed by atoms with Crippen LogP contribution in [0.2, 0.25) is 0 Å². The van der Waals surface area contributed by atoms with E-state index in [1.165, 1.54) is 19.3 Å². The Kier molecular flexibility index (Phi) is 3.25. The number of hydrogen-bond donors (Lipinski definition) is 0. The van der Waals surface area contributed by atoms with Crippen LogP contribution >= 0.6 is 11.6 Å². The van der Waals surface area contributed by atoms with Gasteiger partial charge in [-0.15, -0.1) is 11.6 Å². The molecule has 2 atom stereocenters. The summed E-state index contributed by atoms with van der Waals surface area (Å²) in [6.07, 6.45) is 6.50. The summed E-state index contributed by atoms with van der Waals surface area (Å²) in [6, 6.07) is 4.58. The van der Waals surface area contributed by atoms with Crippen molar-refractivity contribution in [3.63, 3.8) is 0 Å². The van der Waals surface area contributed by atoms with Gasteiger partial charge >= 0.3 is 0 Å². The number of aryl methyl sites for hydroxylation is 1. The van der Waals surface area contributed by atoms with Gasteiger partial charge in [0.25, 0.3) is 0 Å². The maximum Gasteiger partial charge on any atom is 0.160 e. The molecule has 96 valence electrons. The van der Waals surface area contributed by atoms with Crippen molar-refractivity contribution in [2.45, 2.75) is 38.6 Å². The molecule has 1 aliphatic carbocycles. The fourth-order valence-corrected chi connectivity index (χ4v) is 2.98. The van der Waals surface area contributed by atoms with E-state index in [9.17, 15) is 0 Å². The molecule has 0 aromatic carbocycles. The lowest BCUT2D eigenvalue weighted by Gasteiger charge is -2.07. The third-order valence-electron chi connectivity index (χ3n) is 3.72. The molecular formula is C14H18ClN3. The Balaban J connectivity index is 2.00. The van der Waals surface area contributed by atoms with Crippen molar-refractivity contribution in [3.8, 4) is 0 Å². The van der Waals surface area contributed by atoms with Crippen LogP contribution in [0.5, 0.6) is 0 Å².